The summed E-state index contributed by atoms with van der Waals surface area (Å²) in [5.74, 6) is 0. The van der Waals surface area contributed by atoms with Gasteiger partial charge in [0.2, 0.25) is 0 Å². The number of halogens is 1. The average molecular weight is 231 g/mol. The van der Waals surface area contributed by atoms with Gasteiger partial charge in [-0.1, -0.05) is 61.0 Å². The lowest BCUT2D eigenvalue weighted by Gasteiger charge is -2.08. The third kappa shape index (κ3) is 1.98. The topological polar surface area (TPSA) is 0 Å². The number of rotatable bonds is 2. The molecule has 0 atom stereocenters. The van der Waals surface area contributed by atoms with Gasteiger partial charge < -0.3 is 0 Å². The summed E-state index contributed by atoms with van der Waals surface area (Å²) in [6.45, 7) is 4.22. The molecule has 0 saturated carbocycles. The molecular formula is C15H15Cl. The van der Waals surface area contributed by atoms with Crippen molar-refractivity contribution in [3.63, 3.8) is 0 Å². The Labute approximate surface area is 102 Å². The van der Waals surface area contributed by atoms with Gasteiger partial charge in [0.25, 0.3) is 0 Å². The smallest absolute Gasteiger partial charge is 0.0444 e. The van der Waals surface area contributed by atoms with Gasteiger partial charge >= 0.3 is 0 Å². The molecule has 0 saturated heterocycles. The molecule has 0 aromatic heterocycles. The van der Waals surface area contributed by atoms with Gasteiger partial charge in [0, 0.05) is 10.6 Å². The van der Waals surface area contributed by atoms with E-state index in [1.165, 1.54) is 16.3 Å². The van der Waals surface area contributed by atoms with Crippen molar-refractivity contribution >= 4 is 27.4 Å². The van der Waals surface area contributed by atoms with Crippen LogP contribution in [0.5, 0.6) is 0 Å². The summed E-state index contributed by atoms with van der Waals surface area (Å²) in [6.07, 6.45) is 3.01. The van der Waals surface area contributed by atoms with E-state index in [2.05, 4.69) is 56.3 Å². The largest absolute Gasteiger partial charge is 0.0840 e. The third-order valence-corrected chi connectivity index (χ3v) is 3.14. The first-order valence-electron chi connectivity index (χ1n) is 5.58. The number of fused-ring (bicyclic) bond motifs is 1. The predicted octanol–water partition coefficient (Wildman–Crippen LogP) is 5.14. The summed E-state index contributed by atoms with van der Waals surface area (Å²) >= 11 is 6.30. The molecule has 0 bridgehead atoms. The fourth-order valence-corrected chi connectivity index (χ4v) is 2.27. The molecule has 16 heavy (non-hydrogen) atoms. The van der Waals surface area contributed by atoms with Gasteiger partial charge in [-0.25, -0.2) is 0 Å². The molecule has 82 valence electrons. The van der Waals surface area contributed by atoms with Crippen LogP contribution in [0.4, 0.5) is 0 Å². The Bertz CT molecular complexity index is 538. The van der Waals surface area contributed by atoms with E-state index in [1.54, 1.807) is 0 Å². The van der Waals surface area contributed by atoms with Gasteiger partial charge in [-0.15, -0.1) is 0 Å². The van der Waals surface area contributed by atoms with Crippen molar-refractivity contribution in [3.8, 4) is 0 Å². The average Bonchev–Trinajstić information content (AvgIpc) is 2.30. The number of hydrogen-bond acceptors (Lipinski definition) is 0. The molecule has 0 spiro atoms. The zero-order valence-electron chi connectivity index (χ0n) is 9.63. The summed E-state index contributed by atoms with van der Waals surface area (Å²) in [7, 11) is 0. The van der Waals surface area contributed by atoms with Crippen molar-refractivity contribution in [2.45, 2.75) is 20.3 Å². The quantitative estimate of drug-likeness (QED) is 0.670. The Morgan fingerprint density at radius 2 is 1.81 bits per heavy atom. The predicted molar refractivity (Wildman–Crippen MR) is 72.8 cm³/mol. The van der Waals surface area contributed by atoms with Crippen LogP contribution in [0, 0.1) is 6.92 Å². The van der Waals surface area contributed by atoms with Crippen LogP contribution in [0.25, 0.3) is 15.8 Å². The van der Waals surface area contributed by atoms with E-state index in [9.17, 15) is 0 Å². The minimum atomic E-state index is 0.846. The Hall–Kier alpha value is -1.27. The van der Waals surface area contributed by atoms with Crippen molar-refractivity contribution in [1.82, 2.24) is 0 Å². The molecule has 0 aliphatic carbocycles. The highest BCUT2D eigenvalue weighted by Crippen LogP contribution is 2.29. The Morgan fingerprint density at radius 3 is 2.50 bits per heavy atom. The molecule has 0 heterocycles. The molecule has 1 heteroatoms. The van der Waals surface area contributed by atoms with Crippen molar-refractivity contribution in [1.29, 1.82) is 0 Å². The fourth-order valence-electron chi connectivity index (χ4n) is 1.95. The number of aryl methyl sites for hydroxylation is 1. The number of hydrogen-bond donors (Lipinski definition) is 0. The maximum absolute atomic E-state index is 6.30. The molecule has 0 radical (unpaired) electrons. The number of allylic oxidation sites excluding steroid dienone is 1. The zero-order chi connectivity index (χ0) is 11.5. The zero-order valence-corrected chi connectivity index (χ0v) is 10.4. The van der Waals surface area contributed by atoms with Gasteiger partial charge in [-0.2, -0.15) is 0 Å². The highest BCUT2D eigenvalue weighted by molar-refractivity contribution is 6.49. The second kappa shape index (κ2) is 4.71. The van der Waals surface area contributed by atoms with Crippen LogP contribution in [0.2, 0.25) is 0 Å². The SMILES string of the molecule is CC/C=C(\Cl)c1ccc(C)c2ccccc12. The summed E-state index contributed by atoms with van der Waals surface area (Å²) < 4.78 is 0. The van der Waals surface area contributed by atoms with Gasteiger partial charge in [0.1, 0.15) is 0 Å². The Kier molecular flexibility index (Phi) is 3.31. The first-order chi connectivity index (χ1) is 7.74. The third-order valence-electron chi connectivity index (χ3n) is 2.78. The molecule has 0 fully saturated rings. The molecule has 2 aromatic rings. The van der Waals surface area contributed by atoms with Crippen LogP contribution in [0.1, 0.15) is 24.5 Å². The van der Waals surface area contributed by atoms with Crippen LogP contribution in [0.3, 0.4) is 0 Å². The highest BCUT2D eigenvalue weighted by Gasteiger charge is 2.05. The van der Waals surface area contributed by atoms with E-state index in [4.69, 9.17) is 11.6 Å². The standard InChI is InChI=1S/C15H15Cl/c1-3-6-15(16)14-10-9-11(2)12-7-4-5-8-13(12)14/h4-10H,3H2,1-2H3/b15-6-. The molecule has 0 unspecified atom stereocenters. The molecule has 2 aromatic carbocycles. The molecular weight excluding hydrogens is 216 g/mol. The lowest BCUT2D eigenvalue weighted by Crippen LogP contribution is -1.84. The van der Waals surface area contributed by atoms with E-state index in [0.717, 1.165) is 17.0 Å². The highest BCUT2D eigenvalue weighted by atomic mass is 35.5. The second-order valence-electron chi connectivity index (χ2n) is 3.94. The van der Waals surface area contributed by atoms with E-state index in [0.29, 0.717) is 0 Å². The molecule has 0 amide bonds. The van der Waals surface area contributed by atoms with Crippen molar-refractivity contribution < 1.29 is 0 Å². The summed E-state index contributed by atoms with van der Waals surface area (Å²) in [5.41, 5.74) is 2.42. The lowest BCUT2D eigenvalue weighted by molar-refractivity contribution is 1.23. The van der Waals surface area contributed by atoms with E-state index < -0.39 is 0 Å². The van der Waals surface area contributed by atoms with Crippen molar-refractivity contribution in [3.05, 3.63) is 53.6 Å². The normalized spacial score (nSPS) is 12.1. The van der Waals surface area contributed by atoms with Crippen molar-refractivity contribution in [2.24, 2.45) is 0 Å². The summed E-state index contributed by atoms with van der Waals surface area (Å²) in [5, 5.41) is 3.36. The maximum atomic E-state index is 6.30. The minimum Gasteiger partial charge on any atom is -0.0840 e. The van der Waals surface area contributed by atoms with Crippen LogP contribution >= 0.6 is 11.6 Å². The molecule has 2 rings (SSSR count). The first-order valence-corrected chi connectivity index (χ1v) is 5.96. The van der Waals surface area contributed by atoms with E-state index in [-0.39, 0.29) is 0 Å². The molecule has 0 nitrogen and oxygen atoms in total. The van der Waals surface area contributed by atoms with Crippen LogP contribution in [-0.4, -0.2) is 0 Å². The number of benzene rings is 2. The molecule has 0 N–H and O–H groups in total. The van der Waals surface area contributed by atoms with Gasteiger partial charge in [0.05, 0.1) is 0 Å². The fraction of sp³-hybridized carbons (Fsp3) is 0.200. The van der Waals surface area contributed by atoms with Crippen molar-refractivity contribution in [2.75, 3.05) is 0 Å². The van der Waals surface area contributed by atoms with Crippen LogP contribution in [0.15, 0.2) is 42.5 Å². The van der Waals surface area contributed by atoms with E-state index >= 15 is 0 Å². The molecule has 0 aliphatic heterocycles. The first kappa shape index (κ1) is 11.2. The van der Waals surface area contributed by atoms with Gasteiger partial charge in [0.15, 0.2) is 0 Å². The second-order valence-corrected chi connectivity index (χ2v) is 4.34. The monoisotopic (exact) mass is 230 g/mol. The summed E-state index contributed by atoms with van der Waals surface area (Å²) in [4.78, 5) is 0. The van der Waals surface area contributed by atoms with Gasteiger partial charge in [-0.05, 0) is 29.7 Å². The Morgan fingerprint density at radius 1 is 1.12 bits per heavy atom. The summed E-state index contributed by atoms with van der Waals surface area (Å²) in [6, 6.07) is 12.6. The Balaban J connectivity index is 2.72. The minimum absolute atomic E-state index is 0.846. The van der Waals surface area contributed by atoms with Gasteiger partial charge in [-0.3, -0.25) is 0 Å². The van der Waals surface area contributed by atoms with Crippen LogP contribution < -0.4 is 0 Å². The van der Waals surface area contributed by atoms with Crippen LogP contribution in [-0.2, 0) is 0 Å². The molecule has 0 aliphatic rings. The maximum Gasteiger partial charge on any atom is 0.0444 e. The lowest BCUT2D eigenvalue weighted by atomic mass is 10.00. The van der Waals surface area contributed by atoms with E-state index in [1.807, 2.05) is 0 Å².